The van der Waals surface area contributed by atoms with E-state index in [2.05, 4.69) is 29.0 Å². The standard InChI is InChI=1S/C27H18FN3O/c1-15-6-10-19-21(12-15)22-13-17(8-7-16(2)32)9-11-20(22)26-25(19)30-27(31-26)24-18(14-29)4-3-5-23(24)28/h3-6,9-13,16,32H,1-2H3,(H,30,31). The summed E-state index contributed by atoms with van der Waals surface area (Å²) in [7, 11) is 0. The largest absolute Gasteiger partial charge is 0.381 e. The number of aryl methyl sites for hydroxylation is 1. The van der Waals surface area contributed by atoms with Gasteiger partial charge in [-0.15, -0.1) is 0 Å². The molecule has 0 amide bonds. The first kappa shape index (κ1) is 19.8. The second-order valence-electron chi connectivity index (χ2n) is 7.84. The Morgan fingerprint density at radius 3 is 2.59 bits per heavy atom. The zero-order valence-electron chi connectivity index (χ0n) is 17.5. The van der Waals surface area contributed by atoms with Gasteiger partial charge in [-0.3, -0.25) is 0 Å². The van der Waals surface area contributed by atoms with Gasteiger partial charge in [0.15, 0.2) is 0 Å². The van der Waals surface area contributed by atoms with Crippen LogP contribution >= 0.6 is 0 Å². The Bertz CT molecular complexity index is 1650. The van der Waals surface area contributed by atoms with Crippen molar-refractivity contribution in [2.45, 2.75) is 20.0 Å². The number of aromatic nitrogens is 2. The van der Waals surface area contributed by atoms with Crippen LogP contribution in [-0.4, -0.2) is 21.2 Å². The highest BCUT2D eigenvalue weighted by molar-refractivity contribution is 6.23. The van der Waals surface area contributed by atoms with Crippen LogP contribution in [0.4, 0.5) is 4.39 Å². The van der Waals surface area contributed by atoms with Crippen LogP contribution in [0.5, 0.6) is 0 Å². The van der Waals surface area contributed by atoms with Crippen LogP contribution in [0.2, 0.25) is 0 Å². The topological polar surface area (TPSA) is 72.7 Å². The molecule has 1 heterocycles. The Labute approximate surface area is 184 Å². The van der Waals surface area contributed by atoms with E-state index in [1.165, 1.54) is 12.1 Å². The highest BCUT2D eigenvalue weighted by Crippen LogP contribution is 2.37. The van der Waals surface area contributed by atoms with Gasteiger partial charge in [0, 0.05) is 16.3 Å². The minimum Gasteiger partial charge on any atom is -0.381 e. The summed E-state index contributed by atoms with van der Waals surface area (Å²) in [5.41, 5.74) is 3.78. The molecule has 4 aromatic carbocycles. The maximum absolute atomic E-state index is 14.7. The van der Waals surface area contributed by atoms with Crippen molar-refractivity contribution in [1.82, 2.24) is 9.97 Å². The number of halogens is 1. The lowest BCUT2D eigenvalue weighted by Gasteiger charge is -2.08. The average Bonchev–Trinajstić information content (AvgIpc) is 3.22. The number of nitriles is 1. The molecular weight excluding hydrogens is 401 g/mol. The van der Waals surface area contributed by atoms with E-state index in [4.69, 9.17) is 4.98 Å². The molecule has 0 aliphatic carbocycles. The lowest BCUT2D eigenvalue weighted by Crippen LogP contribution is -1.92. The third kappa shape index (κ3) is 3.17. The van der Waals surface area contributed by atoms with E-state index in [0.717, 1.165) is 38.2 Å². The lowest BCUT2D eigenvalue weighted by molar-refractivity contribution is 0.253. The summed E-state index contributed by atoms with van der Waals surface area (Å²) in [4.78, 5) is 8.01. The van der Waals surface area contributed by atoms with E-state index >= 15 is 0 Å². The predicted octanol–water partition coefficient (Wildman–Crippen LogP) is 5.59. The number of benzene rings is 4. The minimum absolute atomic E-state index is 0.166. The minimum atomic E-state index is -0.712. The van der Waals surface area contributed by atoms with E-state index in [0.29, 0.717) is 11.3 Å². The molecule has 1 aromatic heterocycles. The number of hydrogen-bond donors (Lipinski definition) is 2. The molecule has 5 aromatic rings. The molecule has 0 radical (unpaired) electrons. The van der Waals surface area contributed by atoms with Crippen LogP contribution in [0.25, 0.3) is 44.0 Å². The zero-order chi connectivity index (χ0) is 22.4. The maximum Gasteiger partial charge on any atom is 0.142 e. The van der Waals surface area contributed by atoms with Crippen LogP contribution < -0.4 is 0 Å². The summed E-state index contributed by atoms with van der Waals surface area (Å²) in [5, 5.41) is 22.8. The predicted molar refractivity (Wildman–Crippen MR) is 125 cm³/mol. The summed E-state index contributed by atoms with van der Waals surface area (Å²) < 4.78 is 14.7. The van der Waals surface area contributed by atoms with Crippen molar-refractivity contribution in [2.75, 3.05) is 0 Å². The fraction of sp³-hybridized carbons (Fsp3) is 0.111. The van der Waals surface area contributed by atoms with E-state index in [-0.39, 0.29) is 11.1 Å². The van der Waals surface area contributed by atoms with E-state index in [1.54, 1.807) is 13.0 Å². The molecule has 0 aliphatic heterocycles. The number of aromatic amines is 1. The summed E-state index contributed by atoms with van der Waals surface area (Å²) in [6, 6.07) is 18.5. The highest BCUT2D eigenvalue weighted by Gasteiger charge is 2.18. The van der Waals surface area contributed by atoms with Gasteiger partial charge in [-0.25, -0.2) is 9.37 Å². The number of aliphatic hydroxyl groups excluding tert-OH is 1. The van der Waals surface area contributed by atoms with Gasteiger partial charge in [0.1, 0.15) is 17.7 Å². The van der Waals surface area contributed by atoms with Crippen molar-refractivity contribution in [2.24, 2.45) is 0 Å². The van der Waals surface area contributed by atoms with Crippen LogP contribution in [-0.2, 0) is 0 Å². The van der Waals surface area contributed by atoms with Crippen molar-refractivity contribution < 1.29 is 9.50 Å². The first-order chi connectivity index (χ1) is 15.5. The molecule has 32 heavy (non-hydrogen) atoms. The fourth-order valence-corrected chi connectivity index (χ4v) is 4.08. The molecule has 0 saturated heterocycles. The van der Waals surface area contributed by atoms with Crippen molar-refractivity contribution in [3.63, 3.8) is 0 Å². The normalized spacial score (nSPS) is 12.0. The number of fused-ring (bicyclic) bond motifs is 6. The van der Waals surface area contributed by atoms with Crippen molar-refractivity contribution >= 4 is 32.6 Å². The molecule has 0 bridgehead atoms. The molecule has 154 valence electrons. The molecule has 0 spiro atoms. The van der Waals surface area contributed by atoms with Gasteiger partial charge in [-0.05, 0) is 48.9 Å². The number of nitrogens with zero attached hydrogens (tertiary/aromatic N) is 2. The van der Waals surface area contributed by atoms with Crippen LogP contribution in [0.1, 0.15) is 23.6 Å². The Balaban J connectivity index is 1.89. The van der Waals surface area contributed by atoms with Gasteiger partial charge >= 0.3 is 0 Å². The Morgan fingerprint density at radius 1 is 1.03 bits per heavy atom. The fourth-order valence-electron chi connectivity index (χ4n) is 4.08. The zero-order valence-corrected chi connectivity index (χ0v) is 17.5. The van der Waals surface area contributed by atoms with Gasteiger partial charge in [0.05, 0.1) is 28.2 Å². The lowest BCUT2D eigenvalue weighted by atomic mass is 9.97. The quantitative estimate of drug-likeness (QED) is 0.275. The molecule has 1 unspecified atom stereocenters. The summed E-state index contributed by atoms with van der Waals surface area (Å²) in [5.74, 6) is 5.61. The highest BCUT2D eigenvalue weighted by atomic mass is 19.1. The molecule has 1 atom stereocenters. The van der Waals surface area contributed by atoms with Gasteiger partial charge < -0.3 is 10.1 Å². The van der Waals surface area contributed by atoms with Gasteiger partial charge in [0.25, 0.3) is 0 Å². The Morgan fingerprint density at radius 2 is 1.81 bits per heavy atom. The average molecular weight is 419 g/mol. The van der Waals surface area contributed by atoms with E-state index in [1.807, 2.05) is 37.3 Å². The van der Waals surface area contributed by atoms with Crippen molar-refractivity contribution in [1.29, 1.82) is 5.26 Å². The van der Waals surface area contributed by atoms with Crippen molar-refractivity contribution in [3.8, 4) is 29.3 Å². The smallest absolute Gasteiger partial charge is 0.142 e. The number of H-pyrrole nitrogens is 1. The third-order valence-electron chi connectivity index (χ3n) is 5.51. The Kier molecular flexibility index (Phi) is 4.63. The summed E-state index contributed by atoms with van der Waals surface area (Å²) in [6.45, 7) is 3.66. The molecule has 0 saturated carbocycles. The number of rotatable bonds is 1. The summed E-state index contributed by atoms with van der Waals surface area (Å²) in [6.07, 6.45) is -0.712. The molecular formula is C27H18FN3O. The molecule has 5 heteroatoms. The second-order valence-corrected chi connectivity index (χ2v) is 7.84. The van der Waals surface area contributed by atoms with Crippen LogP contribution in [0.3, 0.4) is 0 Å². The molecule has 0 fully saturated rings. The Hall–Kier alpha value is -4.19. The first-order valence-electron chi connectivity index (χ1n) is 10.2. The molecule has 2 N–H and O–H groups in total. The number of hydrogen-bond acceptors (Lipinski definition) is 3. The number of nitrogens with one attached hydrogen (secondary N) is 1. The first-order valence-corrected chi connectivity index (χ1v) is 10.2. The summed E-state index contributed by atoms with van der Waals surface area (Å²) >= 11 is 0. The SMILES string of the molecule is Cc1ccc2c(c1)c1cc(C#CC(C)O)ccc1c1nc(-c3c(F)cccc3C#N)[nH]c21. The number of aliphatic hydroxyl groups is 1. The monoisotopic (exact) mass is 419 g/mol. The molecule has 5 rings (SSSR count). The van der Waals surface area contributed by atoms with Crippen LogP contribution in [0.15, 0.2) is 54.6 Å². The van der Waals surface area contributed by atoms with E-state index in [9.17, 15) is 14.8 Å². The molecule has 0 aliphatic rings. The van der Waals surface area contributed by atoms with Gasteiger partial charge in [0.2, 0.25) is 0 Å². The molecule has 4 nitrogen and oxygen atoms in total. The van der Waals surface area contributed by atoms with Crippen LogP contribution in [0, 0.1) is 35.9 Å². The van der Waals surface area contributed by atoms with Gasteiger partial charge in [-0.1, -0.05) is 47.7 Å². The third-order valence-corrected chi connectivity index (χ3v) is 5.51. The van der Waals surface area contributed by atoms with E-state index < -0.39 is 11.9 Å². The van der Waals surface area contributed by atoms with Crippen molar-refractivity contribution in [3.05, 3.63) is 77.1 Å². The second kappa shape index (κ2) is 7.50. The van der Waals surface area contributed by atoms with Gasteiger partial charge in [-0.2, -0.15) is 5.26 Å². The maximum atomic E-state index is 14.7. The number of imidazole rings is 1.